The Hall–Kier alpha value is -1.59. The van der Waals surface area contributed by atoms with Crippen LogP contribution >= 0.6 is 0 Å². The maximum Gasteiger partial charge on any atom is 0.191 e. The van der Waals surface area contributed by atoms with Crippen LogP contribution in [0.4, 0.5) is 0 Å². The van der Waals surface area contributed by atoms with Gasteiger partial charge in [-0.15, -0.1) is 0 Å². The highest BCUT2D eigenvalue weighted by atomic mass is 16.5. The summed E-state index contributed by atoms with van der Waals surface area (Å²) in [5.74, 6) is 0.884. The minimum absolute atomic E-state index is 0.0883. The van der Waals surface area contributed by atoms with Crippen molar-refractivity contribution in [1.82, 2.24) is 10.6 Å². The fourth-order valence-electron chi connectivity index (χ4n) is 3.02. The number of aliphatic imine (C=N–C) groups is 1. The fraction of sp³-hybridized carbons (Fsp3) is 0.667. The Morgan fingerprint density at radius 3 is 2.77 bits per heavy atom. The van der Waals surface area contributed by atoms with Gasteiger partial charge in [0.1, 0.15) is 0 Å². The Bertz CT molecular complexity index is 513. The molecule has 0 radical (unpaired) electrons. The van der Waals surface area contributed by atoms with Gasteiger partial charge >= 0.3 is 0 Å². The van der Waals surface area contributed by atoms with Crippen LogP contribution in [0.15, 0.2) is 35.3 Å². The standard InChI is InChI=1S/C21H35N3O2/c1-3-22-20(24-18-21(2)13-9-16-26-21)23-14-7-8-15-25-17-12-19-10-5-4-6-11-19/h4-6,10-11H,3,7-9,12-18H2,1-2H3,(H2,22,23,24). The summed E-state index contributed by atoms with van der Waals surface area (Å²) in [6.45, 7) is 9.20. The lowest BCUT2D eigenvalue weighted by Crippen LogP contribution is -2.39. The molecule has 2 rings (SSSR count). The van der Waals surface area contributed by atoms with Crippen LogP contribution in [0.25, 0.3) is 0 Å². The van der Waals surface area contributed by atoms with E-state index in [1.54, 1.807) is 0 Å². The molecule has 5 heteroatoms. The predicted octanol–water partition coefficient (Wildman–Crippen LogP) is 3.15. The maximum atomic E-state index is 5.80. The molecule has 0 amide bonds. The Balaban J connectivity index is 1.53. The normalized spacial score (nSPS) is 20.3. The van der Waals surface area contributed by atoms with E-state index in [1.807, 2.05) is 6.07 Å². The zero-order chi connectivity index (χ0) is 18.5. The largest absolute Gasteiger partial charge is 0.381 e. The van der Waals surface area contributed by atoms with E-state index in [9.17, 15) is 0 Å². The molecule has 1 saturated heterocycles. The number of guanidine groups is 1. The van der Waals surface area contributed by atoms with Crippen LogP contribution in [0.2, 0.25) is 0 Å². The average molecular weight is 362 g/mol. The van der Waals surface area contributed by atoms with Crippen molar-refractivity contribution in [2.75, 3.05) is 39.5 Å². The molecule has 1 atom stereocenters. The summed E-state index contributed by atoms with van der Waals surface area (Å²) in [7, 11) is 0. The second kappa shape index (κ2) is 11.9. The lowest BCUT2D eigenvalue weighted by molar-refractivity contribution is 0.0283. The van der Waals surface area contributed by atoms with E-state index in [-0.39, 0.29) is 5.60 Å². The monoisotopic (exact) mass is 361 g/mol. The van der Waals surface area contributed by atoms with Crippen LogP contribution in [-0.2, 0) is 15.9 Å². The summed E-state index contributed by atoms with van der Waals surface area (Å²) in [5.41, 5.74) is 1.25. The lowest BCUT2D eigenvalue weighted by atomic mass is 10.0. The first-order chi connectivity index (χ1) is 12.7. The molecule has 0 bridgehead atoms. The molecule has 1 aliphatic heterocycles. The van der Waals surface area contributed by atoms with Crippen LogP contribution in [-0.4, -0.2) is 51.0 Å². The number of ether oxygens (including phenoxy) is 2. The third kappa shape index (κ3) is 8.19. The molecule has 5 nitrogen and oxygen atoms in total. The van der Waals surface area contributed by atoms with Gasteiger partial charge in [0.05, 0.1) is 18.8 Å². The molecule has 1 aromatic carbocycles. The van der Waals surface area contributed by atoms with Crippen molar-refractivity contribution in [3.8, 4) is 0 Å². The highest BCUT2D eigenvalue weighted by Gasteiger charge is 2.29. The van der Waals surface area contributed by atoms with Gasteiger partial charge in [0.2, 0.25) is 0 Å². The van der Waals surface area contributed by atoms with Crippen molar-refractivity contribution in [3.63, 3.8) is 0 Å². The molecule has 1 fully saturated rings. The highest BCUT2D eigenvalue weighted by Crippen LogP contribution is 2.24. The number of rotatable bonds is 11. The summed E-state index contributed by atoms with van der Waals surface area (Å²) in [6.07, 6.45) is 5.35. The van der Waals surface area contributed by atoms with Gasteiger partial charge < -0.3 is 20.1 Å². The van der Waals surface area contributed by atoms with Crippen LogP contribution in [0.5, 0.6) is 0 Å². The molecule has 0 saturated carbocycles. The maximum absolute atomic E-state index is 5.80. The Kier molecular flexibility index (Phi) is 9.50. The quantitative estimate of drug-likeness (QED) is 0.361. The second-order valence-electron chi connectivity index (χ2n) is 7.08. The zero-order valence-corrected chi connectivity index (χ0v) is 16.4. The molecule has 0 spiro atoms. The molecule has 1 heterocycles. The van der Waals surface area contributed by atoms with Crippen LogP contribution in [0, 0.1) is 0 Å². The van der Waals surface area contributed by atoms with Gasteiger partial charge in [-0.25, -0.2) is 0 Å². The minimum Gasteiger partial charge on any atom is -0.381 e. The van der Waals surface area contributed by atoms with E-state index in [4.69, 9.17) is 9.47 Å². The van der Waals surface area contributed by atoms with Crippen molar-refractivity contribution >= 4 is 5.96 Å². The first-order valence-electron chi connectivity index (χ1n) is 10.00. The van der Waals surface area contributed by atoms with E-state index in [1.165, 1.54) is 5.56 Å². The Labute approximate surface area is 158 Å². The Morgan fingerprint density at radius 1 is 1.19 bits per heavy atom. The molecule has 0 aliphatic carbocycles. The smallest absolute Gasteiger partial charge is 0.191 e. The summed E-state index contributed by atoms with van der Waals surface area (Å²) in [5, 5.41) is 6.71. The number of hydrogen-bond acceptors (Lipinski definition) is 3. The summed E-state index contributed by atoms with van der Waals surface area (Å²) < 4.78 is 11.5. The number of unbranched alkanes of at least 4 members (excludes halogenated alkanes) is 1. The van der Waals surface area contributed by atoms with Crippen molar-refractivity contribution < 1.29 is 9.47 Å². The van der Waals surface area contributed by atoms with Crippen molar-refractivity contribution in [2.24, 2.45) is 4.99 Å². The van der Waals surface area contributed by atoms with Gasteiger partial charge in [0.25, 0.3) is 0 Å². The number of benzene rings is 1. The summed E-state index contributed by atoms with van der Waals surface area (Å²) in [6, 6.07) is 10.5. The third-order valence-corrected chi connectivity index (χ3v) is 4.60. The number of hydrogen-bond donors (Lipinski definition) is 2. The Morgan fingerprint density at radius 2 is 2.04 bits per heavy atom. The minimum atomic E-state index is -0.0883. The van der Waals surface area contributed by atoms with Gasteiger partial charge in [-0.05, 0) is 51.5 Å². The van der Waals surface area contributed by atoms with Crippen molar-refractivity contribution in [3.05, 3.63) is 35.9 Å². The number of nitrogens with zero attached hydrogens (tertiary/aromatic N) is 1. The van der Waals surface area contributed by atoms with Crippen LogP contribution in [0.3, 0.4) is 0 Å². The van der Waals surface area contributed by atoms with E-state index in [2.05, 4.69) is 53.7 Å². The highest BCUT2D eigenvalue weighted by molar-refractivity contribution is 5.79. The SMILES string of the molecule is CCNC(=NCC1(C)CCCO1)NCCCCOCCc1ccccc1. The molecular weight excluding hydrogens is 326 g/mol. The average Bonchev–Trinajstić information content (AvgIpc) is 3.09. The summed E-state index contributed by atoms with van der Waals surface area (Å²) in [4.78, 5) is 4.69. The van der Waals surface area contributed by atoms with Gasteiger partial charge in [-0.3, -0.25) is 4.99 Å². The molecule has 26 heavy (non-hydrogen) atoms. The molecule has 1 unspecified atom stereocenters. The van der Waals surface area contributed by atoms with Crippen LogP contribution in [0.1, 0.15) is 45.1 Å². The van der Waals surface area contributed by atoms with Gasteiger partial charge in [0.15, 0.2) is 5.96 Å². The van der Waals surface area contributed by atoms with E-state index in [0.717, 1.165) is 71.0 Å². The lowest BCUT2D eigenvalue weighted by Gasteiger charge is -2.21. The first kappa shape index (κ1) is 20.7. The predicted molar refractivity (Wildman–Crippen MR) is 108 cm³/mol. The van der Waals surface area contributed by atoms with Crippen LogP contribution < -0.4 is 10.6 Å². The van der Waals surface area contributed by atoms with Gasteiger partial charge in [-0.1, -0.05) is 30.3 Å². The van der Waals surface area contributed by atoms with Crippen molar-refractivity contribution in [1.29, 1.82) is 0 Å². The molecule has 2 N–H and O–H groups in total. The zero-order valence-electron chi connectivity index (χ0n) is 16.4. The molecular formula is C21H35N3O2. The molecule has 146 valence electrons. The van der Waals surface area contributed by atoms with E-state index in [0.29, 0.717) is 6.54 Å². The topological polar surface area (TPSA) is 54.9 Å². The number of nitrogens with one attached hydrogen (secondary N) is 2. The van der Waals surface area contributed by atoms with Gasteiger partial charge in [-0.2, -0.15) is 0 Å². The molecule has 1 aliphatic rings. The molecule has 0 aromatic heterocycles. The summed E-state index contributed by atoms with van der Waals surface area (Å²) >= 11 is 0. The first-order valence-corrected chi connectivity index (χ1v) is 10.00. The second-order valence-corrected chi connectivity index (χ2v) is 7.08. The fourth-order valence-corrected chi connectivity index (χ4v) is 3.02. The van der Waals surface area contributed by atoms with Crippen molar-refractivity contribution in [2.45, 2.75) is 51.6 Å². The van der Waals surface area contributed by atoms with E-state index < -0.39 is 0 Å². The molecule has 1 aromatic rings. The third-order valence-electron chi connectivity index (χ3n) is 4.60. The van der Waals surface area contributed by atoms with E-state index >= 15 is 0 Å². The van der Waals surface area contributed by atoms with Gasteiger partial charge in [0, 0.05) is 26.3 Å².